The van der Waals surface area contributed by atoms with Crippen LogP contribution >= 0.6 is 11.6 Å². The van der Waals surface area contributed by atoms with Crippen molar-refractivity contribution in [1.29, 1.82) is 0 Å². The molecule has 0 atom stereocenters. The van der Waals surface area contributed by atoms with Gasteiger partial charge in [0.25, 0.3) is 5.91 Å². The number of unbranched alkanes of at least 4 members (excludes halogenated alkanes) is 1. The van der Waals surface area contributed by atoms with E-state index in [9.17, 15) is 22.8 Å². The van der Waals surface area contributed by atoms with Crippen LogP contribution in [0.3, 0.4) is 0 Å². The summed E-state index contributed by atoms with van der Waals surface area (Å²) >= 11 is 6.04. The number of halogens is 4. The molecule has 6 nitrogen and oxygen atoms in total. The Balaban J connectivity index is 1.11. The van der Waals surface area contributed by atoms with Crippen LogP contribution in [0.15, 0.2) is 109 Å². The van der Waals surface area contributed by atoms with E-state index in [0.717, 1.165) is 27.8 Å². The number of carbonyl (C=O) groups excluding carboxylic acids is 2. The minimum Gasteiger partial charge on any atom is -0.478 e. The highest BCUT2D eigenvalue weighted by Crippen LogP contribution is 2.51. The smallest absolute Gasteiger partial charge is 0.405 e. The fourth-order valence-corrected chi connectivity index (χ4v) is 6.57. The molecular weight excluding hydrogens is 651 g/mol. The second-order valence-corrected chi connectivity index (χ2v) is 12.4. The van der Waals surface area contributed by atoms with Gasteiger partial charge in [0.1, 0.15) is 12.0 Å². The predicted octanol–water partition coefficient (Wildman–Crippen LogP) is 9.16. The minimum atomic E-state index is -4.53. The Kier molecular flexibility index (Phi) is 9.74. The van der Waals surface area contributed by atoms with Crippen LogP contribution in [0.2, 0.25) is 5.02 Å². The Morgan fingerprint density at radius 2 is 1.45 bits per heavy atom. The summed E-state index contributed by atoms with van der Waals surface area (Å²) in [5.74, 6) is -0.590. The van der Waals surface area contributed by atoms with Crippen molar-refractivity contribution in [3.05, 3.63) is 137 Å². The van der Waals surface area contributed by atoms with Crippen LogP contribution < -0.4 is 15.4 Å². The molecule has 49 heavy (non-hydrogen) atoms. The summed E-state index contributed by atoms with van der Waals surface area (Å²) < 4.78 is 45.4. The molecule has 2 amide bonds. The number of aromatic nitrogens is 1. The van der Waals surface area contributed by atoms with Gasteiger partial charge in [0.05, 0.1) is 18.5 Å². The zero-order valence-electron chi connectivity index (χ0n) is 26.6. The zero-order valence-corrected chi connectivity index (χ0v) is 27.4. The molecule has 0 aliphatic heterocycles. The molecule has 1 aromatic heterocycles. The first kappa shape index (κ1) is 33.7. The standard InChI is InChI=1S/C39H33ClF3N3O3/c1-25-22-35(44-23-34(25)46-36(47)31-13-3-2-10-28(31)26-16-18-27(40)19-17-26)49-21-9-8-20-38(37(48)45-24-39(41,42)43)32-14-6-4-11-29(32)30-12-5-7-15-33(30)38/h2-7,10-19,22-23H,8-9,20-21,24H2,1H3,(H,45,48)(H,46,47). The average Bonchev–Trinajstić information content (AvgIpc) is 3.38. The van der Waals surface area contributed by atoms with E-state index in [0.29, 0.717) is 52.5 Å². The number of alkyl halides is 3. The van der Waals surface area contributed by atoms with Crippen molar-refractivity contribution in [3.8, 4) is 28.1 Å². The van der Waals surface area contributed by atoms with E-state index in [4.69, 9.17) is 16.3 Å². The Hall–Kier alpha value is -5.15. The molecule has 0 fully saturated rings. The fraction of sp³-hybridized carbons (Fsp3) is 0.205. The maximum atomic E-state index is 13.7. The molecule has 0 bridgehead atoms. The number of fused-ring (bicyclic) bond motifs is 3. The quantitative estimate of drug-likeness (QED) is 0.136. The minimum absolute atomic E-state index is 0.274. The second kappa shape index (κ2) is 14.1. The third-order valence-electron chi connectivity index (χ3n) is 8.76. The SMILES string of the molecule is Cc1cc(OCCCCC2(C(=O)NCC(F)(F)F)c3ccccc3-c3ccccc32)ncc1NC(=O)c1ccccc1-c1ccc(Cl)cc1. The van der Waals surface area contributed by atoms with Crippen LogP contribution in [0, 0.1) is 6.92 Å². The summed E-state index contributed by atoms with van der Waals surface area (Å²) in [5, 5.41) is 5.71. The summed E-state index contributed by atoms with van der Waals surface area (Å²) in [6.07, 6.45) is -1.67. The van der Waals surface area contributed by atoms with E-state index in [1.54, 1.807) is 48.7 Å². The monoisotopic (exact) mass is 683 g/mol. The Bertz CT molecular complexity index is 1950. The molecule has 0 spiro atoms. The summed E-state index contributed by atoms with van der Waals surface area (Å²) in [6.45, 7) is 0.709. The maximum Gasteiger partial charge on any atom is 0.405 e. The van der Waals surface area contributed by atoms with E-state index in [2.05, 4.69) is 15.6 Å². The van der Waals surface area contributed by atoms with Gasteiger partial charge in [-0.1, -0.05) is 90.5 Å². The van der Waals surface area contributed by atoms with Gasteiger partial charge in [0.2, 0.25) is 11.8 Å². The van der Waals surface area contributed by atoms with Crippen molar-refractivity contribution >= 4 is 29.1 Å². The van der Waals surface area contributed by atoms with Gasteiger partial charge < -0.3 is 15.4 Å². The lowest BCUT2D eigenvalue weighted by Gasteiger charge is -2.31. The van der Waals surface area contributed by atoms with Gasteiger partial charge in [-0.05, 0) is 83.3 Å². The van der Waals surface area contributed by atoms with Crippen LogP contribution in [0.25, 0.3) is 22.3 Å². The number of carbonyl (C=O) groups is 2. The molecule has 2 N–H and O–H groups in total. The molecule has 1 heterocycles. The van der Waals surface area contributed by atoms with Crippen molar-refractivity contribution in [2.75, 3.05) is 18.5 Å². The van der Waals surface area contributed by atoms with Crippen molar-refractivity contribution in [2.24, 2.45) is 0 Å². The number of pyridine rings is 1. The highest BCUT2D eigenvalue weighted by Gasteiger charge is 2.49. The number of hydrogen-bond donors (Lipinski definition) is 2. The van der Waals surface area contributed by atoms with Gasteiger partial charge in [0, 0.05) is 16.7 Å². The molecule has 0 saturated heterocycles. The summed E-state index contributed by atoms with van der Waals surface area (Å²) in [6, 6.07) is 31.1. The van der Waals surface area contributed by atoms with Gasteiger partial charge in [-0.15, -0.1) is 0 Å². The van der Waals surface area contributed by atoms with Gasteiger partial charge in [-0.3, -0.25) is 9.59 Å². The molecule has 5 aromatic rings. The molecule has 1 aliphatic rings. The van der Waals surface area contributed by atoms with Crippen LogP contribution in [-0.4, -0.2) is 36.1 Å². The number of ether oxygens (including phenoxy) is 1. The highest BCUT2D eigenvalue weighted by atomic mass is 35.5. The highest BCUT2D eigenvalue weighted by molar-refractivity contribution is 6.30. The number of nitrogens with zero attached hydrogens (tertiary/aromatic N) is 1. The number of benzene rings is 4. The number of anilines is 1. The molecule has 10 heteroatoms. The third kappa shape index (κ3) is 7.17. The van der Waals surface area contributed by atoms with Crippen LogP contribution in [0.5, 0.6) is 5.88 Å². The van der Waals surface area contributed by atoms with Crippen molar-refractivity contribution in [3.63, 3.8) is 0 Å². The lowest BCUT2D eigenvalue weighted by Crippen LogP contribution is -2.47. The van der Waals surface area contributed by atoms with Gasteiger partial charge in [-0.25, -0.2) is 4.98 Å². The number of amides is 2. The van der Waals surface area contributed by atoms with Crippen molar-refractivity contribution in [1.82, 2.24) is 10.3 Å². The number of rotatable bonds is 11. The Morgan fingerprint density at radius 3 is 2.08 bits per heavy atom. The Morgan fingerprint density at radius 1 is 0.837 bits per heavy atom. The molecule has 250 valence electrons. The van der Waals surface area contributed by atoms with Crippen LogP contribution in [0.1, 0.15) is 46.3 Å². The third-order valence-corrected chi connectivity index (χ3v) is 9.01. The molecule has 0 saturated carbocycles. The van der Waals surface area contributed by atoms with E-state index in [1.807, 2.05) is 67.6 Å². The van der Waals surface area contributed by atoms with E-state index >= 15 is 0 Å². The summed E-state index contributed by atoms with van der Waals surface area (Å²) in [7, 11) is 0. The molecule has 4 aromatic carbocycles. The molecule has 1 aliphatic carbocycles. The van der Waals surface area contributed by atoms with Crippen LogP contribution in [-0.2, 0) is 10.2 Å². The molecular formula is C39H33ClF3N3O3. The van der Waals surface area contributed by atoms with E-state index < -0.39 is 24.0 Å². The van der Waals surface area contributed by atoms with Gasteiger partial charge >= 0.3 is 6.18 Å². The van der Waals surface area contributed by atoms with Crippen molar-refractivity contribution < 1.29 is 27.5 Å². The predicted molar refractivity (Wildman–Crippen MR) is 185 cm³/mol. The normalized spacial score (nSPS) is 12.9. The van der Waals surface area contributed by atoms with Gasteiger partial charge in [0.15, 0.2) is 0 Å². The van der Waals surface area contributed by atoms with E-state index in [-0.39, 0.29) is 12.5 Å². The summed E-state index contributed by atoms with van der Waals surface area (Å²) in [4.78, 5) is 31.4. The van der Waals surface area contributed by atoms with E-state index in [1.165, 1.54) is 0 Å². The number of nitrogens with one attached hydrogen (secondary N) is 2. The molecule has 0 unspecified atom stereocenters. The zero-order chi connectivity index (χ0) is 34.6. The summed E-state index contributed by atoms with van der Waals surface area (Å²) in [5.41, 5.74) is 5.24. The number of aryl methyl sites for hydroxylation is 1. The first-order chi connectivity index (χ1) is 23.6. The lowest BCUT2D eigenvalue weighted by molar-refractivity contribution is -0.141. The number of hydrogen-bond acceptors (Lipinski definition) is 4. The maximum absolute atomic E-state index is 13.7. The average molecular weight is 684 g/mol. The first-order valence-corrected chi connectivity index (χ1v) is 16.2. The van der Waals surface area contributed by atoms with Crippen LogP contribution in [0.4, 0.5) is 18.9 Å². The molecule has 0 radical (unpaired) electrons. The fourth-order valence-electron chi connectivity index (χ4n) is 6.45. The van der Waals surface area contributed by atoms with Gasteiger partial charge in [-0.2, -0.15) is 13.2 Å². The first-order valence-electron chi connectivity index (χ1n) is 15.9. The molecule has 6 rings (SSSR count). The topological polar surface area (TPSA) is 80.3 Å². The lowest BCUT2D eigenvalue weighted by atomic mass is 9.73. The Labute approximate surface area is 287 Å². The second-order valence-electron chi connectivity index (χ2n) is 11.9. The van der Waals surface area contributed by atoms with Crippen molar-refractivity contribution in [2.45, 2.75) is 37.8 Å². The largest absolute Gasteiger partial charge is 0.478 e.